The summed E-state index contributed by atoms with van der Waals surface area (Å²) in [5.74, 6) is 0. The Morgan fingerprint density at radius 1 is 1.21 bits per heavy atom. The SMILES string of the molecule is CCc1cccc([PH3+])c1.F[B-](F)(F)F. The molecule has 0 aromatic heterocycles. The lowest BCUT2D eigenvalue weighted by molar-refractivity contribution is 0.368. The Bertz CT molecular complexity index is 268. The van der Waals surface area contributed by atoms with Crippen molar-refractivity contribution in [1.82, 2.24) is 0 Å². The van der Waals surface area contributed by atoms with E-state index in [1.165, 1.54) is 10.9 Å². The van der Waals surface area contributed by atoms with Gasteiger partial charge in [-0.1, -0.05) is 19.1 Å². The molecule has 1 aromatic carbocycles. The second-order valence-corrected chi connectivity index (χ2v) is 3.48. The lowest BCUT2D eigenvalue weighted by Crippen LogP contribution is -2.02. The van der Waals surface area contributed by atoms with Gasteiger partial charge in [0.1, 0.15) is 0 Å². The van der Waals surface area contributed by atoms with Crippen LogP contribution in [0, 0.1) is 0 Å². The van der Waals surface area contributed by atoms with Crippen LogP contribution in [0.3, 0.4) is 0 Å². The number of hydrogen-bond acceptors (Lipinski definition) is 0. The first kappa shape index (κ1) is 13.4. The smallest absolute Gasteiger partial charge is 0.418 e. The number of hydrogen-bond donors (Lipinski definition) is 0. The lowest BCUT2D eigenvalue weighted by Gasteiger charge is -1.94. The molecule has 1 unspecified atom stereocenters. The van der Waals surface area contributed by atoms with Gasteiger partial charge in [-0.3, -0.25) is 0 Å². The maximum Gasteiger partial charge on any atom is 0.673 e. The van der Waals surface area contributed by atoms with Crippen molar-refractivity contribution in [1.29, 1.82) is 0 Å². The van der Waals surface area contributed by atoms with Crippen molar-refractivity contribution in [3.05, 3.63) is 29.8 Å². The van der Waals surface area contributed by atoms with Gasteiger partial charge in [-0.2, -0.15) is 0 Å². The summed E-state index contributed by atoms with van der Waals surface area (Å²) in [7, 11) is -4.07. The molecule has 1 atom stereocenters. The number of rotatable bonds is 1. The Morgan fingerprint density at radius 3 is 2.00 bits per heavy atom. The Balaban J connectivity index is 0.000000292. The lowest BCUT2D eigenvalue weighted by atomic mass is 10.2. The van der Waals surface area contributed by atoms with Gasteiger partial charge in [0.25, 0.3) is 0 Å². The average Bonchev–Trinajstić information content (AvgIpc) is 2.01. The van der Waals surface area contributed by atoms with Gasteiger partial charge in [0.2, 0.25) is 0 Å². The van der Waals surface area contributed by atoms with Crippen LogP contribution in [-0.4, -0.2) is 7.25 Å². The van der Waals surface area contributed by atoms with E-state index < -0.39 is 7.25 Å². The average molecular weight is 226 g/mol. The first-order valence-electron chi connectivity index (χ1n) is 4.11. The molecule has 0 bridgehead atoms. The summed E-state index contributed by atoms with van der Waals surface area (Å²) < 4.78 is 39.0. The fourth-order valence-electron chi connectivity index (χ4n) is 0.850. The van der Waals surface area contributed by atoms with Gasteiger partial charge in [0.05, 0.1) is 5.30 Å². The largest absolute Gasteiger partial charge is 0.673 e. The van der Waals surface area contributed by atoms with E-state index >= 15 is 0 Å². The van der Waals surface area contributed by atoms with Crippen LogP contribution in [0.5, 0.6) is 0 Å². The predicted octanol–water partition coefficient (Wildman–Crippen LogP) is 2.78. The van der Waals surface area contributed by atoms with Gasteiger partial charge in [0, 0.05) is 9.24 Å². The van der Waals surface area contributed by atoms with Crippen molar-refractivity contribution in [3.63, 3.8) is 0 Å². The standard InChI is InChI=1S/C8H11P.BF4/c1-2-7-4-3-5-8(9)6-7;2-1(3,4)5/h3-6H,2,9H2,1H3;/q;-1/p+1. The molecule has 1 rings (SSSR count). The highest BCUT2D eigenvalue weighted by molar-refractivity contribution is 7.27. The van der Waals surface area contributed by atoms with E-state index in [0.29, 0.717) is 0 Å². The van der Waals surface area contributed by atoms with Crippen molar-refractivity contribution in [2.75, 3.05) is 0 Å². The van der Waals surface area contributed by atoms with Gasteiger partial charge in [0.15, 0.2) is 0 Å². The van der Waals surface area contributed by atoms with Crippen molar-refractivity contribution < 1.29 is 17.3 Å². The van der Waals surface area contributed by atoms with E-state index in [0.717, 1.165) is 6.42 Å². The van der Waals surface area contributed by atoms with Gasteiger partial charge in [-0.05, 0) is 24.1 Å². The summed E-state index contributed by atoms with van der Waals surface area (Å²) in [4.78, 5) is 0. The van der Waals surface area contributed by atoms with Crippen LogP contribution in [0.2, 0.25) is 0 Å². The van der Waals surface area contributed by atoms with Crippen LogP contribution in [0.15, 0.2) is 24.3 Å². The van der Waals surface area contributed by atoms with E-state index in [1.807, 2.05) is 9.24 Å². The molecular formula is C8H12BF4P. The molecule has 0 fully saturated rings. The minimum absolute atomic E-state index is 1.14. The number of benzene rings is 1. The normalized spacial score (nSPS) is 10.6. The highest BCUT2D eigenvalue weighted by Gasteiger charge is 2.20. The summed E-state index contributed by atoms with van der Waals surface area (Å²) in [5.41, 5.74) is 1.43. The van der Waals surface area contributed by atoms with Crippen molar-refractivity contribution in [2.45, 2.75) is 13.3 Å². The molecule has 0 aliphatic carbocycles. The number of halogens is 4. The zero-order valence-corrected chi connectivity index (χ0v) is 9.23. The molecule has 0 heterocycles. The minimum atomic E-state index is -6.00. The second-order valence-electron chi connectivity index (χ2n) is 2.67. The quantitative estimate of drug-likeness (QED) is 0.392. The molecule has 1 aromatic rings. The molecule has 0 saturated carbocycles. The third kappa shape index (κ3) is 9.52. The molecule has 0 amide bonds. The van der Waals surface area contributed by atoms with Crippen LogP contribution in [-0.2, 0) is 6.42 Å². The molecule has 0 nitrogen and oxygen atoms in total. The van der Waals surface area contributed by atoms with Crippen LogP contribution < -0.4 is 5.30 Å². The summed E-state index contributed by atoms with van der Waals surface area (Å²) in [5, 5.41) is 1.38. The molecule has 0 saturated heterocycles. The number of aryl methyl sites for hydroxylation is 1. The minimum Gasteiger partial charge on any atom is -0.418 e. The summed E-state index contributed by atoms with van der Waals surface area (Å²) >= 11 is 0. The van der Waals surface area contributed by atoms with Crippen LogP contribution in [0.4, 0.5) is 17.3 Å². The Morgan fingerprint density at radius 2 is 1.71 bits per heavy atom. The molecule has 14 heavy (non-hydrogen) atoms. The topological polar surface area (TPSA) is 0 Å². The van der Waals surface area contributed by atoms with Gasteiger partial charge in [-0.15, -0.1) is 0 Å². The van der Waals surface area contributed by atoms with E-state index in [4.69, 9.17) is 0 Å². The predicted molar refractivity (Wildman–Crippen MR) is 56.7 cm³/mol. The molecule has 0 spiro atoms. The Kier molecular flexibility index (Phi) is 5.78. The second kappa shape index (κ2) is 6.02. The van der Waals surface area contributed by atoms with Crippen molar-refractivity contribution >= 4 is 21.8 Å². The fourth-order valence-corrected chi connectivity index (χ4v) is 1.25. The highest BCUT2D eigenvalue weighted by Crippen LogP contribution is 2.06. The first-order chi connectivity index (χ1) is 6.33. The Hall–Kier alpha value is -0.565. The van der Waals surface area contributed by atoms with E-state index in [-0.39, 0.29) is 0 Å². The molecule has 0 aliphatic rings. The maximum atomic E-state index is 9.75. The first-order valence-corrected chi connectivity index (χ1v) is 4.82. The van der Waals surface area contributed by atoms with E-state index in [1.54, 1.807) is 0 Å². The van der Waals surface area contributed by atoms with Crippen molar-refractivity contribution in [3.8, 4) is 0 Å². The zero-order chi connectivity index (χ0) is 11.2. The van der Waals surface area contributed by atoms with Crippen LogP contribution in [0.25, 0.3) is 0 Å². The molecule has 6 heteroatoms. The van der Waals surface area contributed by atoms with E-state index in [2.05, 4.69) is 31.2 Å². The molecule has 0 aliphatic heterocycles. The highest BCUT2D eigenvalue weighted by atomic mass is 31.0. The molecular weight excluding hydrogens is 214 g/mol. The monoisotopic (exact) mass is 226 g/mol. The molecule has 0 N–H and O–H groups in total. The van der Waals surface area contributed by atoms with Gasteiger partial charge < -0.3 is 17.3 Å². The fraction of sp³-hybridized carbons (Fsp3) is 0.250. The third-order valence-corrected chi connectivity index (χ3v) is 1.84. The maximum absolute atomic E-state index is 9.75. The van der Waals surface area contributed by atoms with Gasteiger partial charge in [-0.25, -0.2) is 0 Å². The summed E-state index contributed by atoms with van der Waals surface area (Å²) in [6, 6.07) is 8.65. The summed E-state index contributed by atoms with van der Waals surface area (Å²) in [6.45, 7) is 2.18. The third-order valence-electron chi connectivity index (χ3n) is 1.40. The van der Waals surface area contributed by atoms with Crippen LogP contribution >= 0.6 is 9.24 Å². The molecule has 0 radical (unpaired) electrons. The van der Waals surface area contributed by atoms with E-state index in [9.17, 15) is 17.3 Å². The van der Waals surface area contributed by atoms with Gasteiger partial charge >= 0.3 is 7.25 Å². The van der Waals surface area contributed by atoms with Crippen LogP contribution in [0.1, 0.15) is 12.5 Å². The summed E-state index contributed by atoms with van der Waals surface area (Å²) in [6.07, 6.45) is 1.14. The molecule has 80 valence electrons. The zero-order valence-electron chi connectivity index (χ0n) is 7.81. The van der Waals surface area contributed by atoms with Crippen molar-refractivity contribution in [2.24, 2.45) is 0 Å². The Labute approximate surface area is 83.0 Å².